The van der Waals surface area contributed by atoms with Gasteiger partial charge in [-0.05, 0) is 30.6 Å². The van der Waals surface area contributed by atoms with Gasteiger partial charge in [0.05, 0.1) is 6.10 Å². The first-order valence-electron chi connectivity index (χ1n) is 7.07. The maximum absolute atomic E-state index is 10.1. The molecule has 0 aromatic rings. The van der Waals surface area contributed by atoms with E-state index in [1.165, 1.54) is 38.8 Å². The van der Waals surface area contributed by atoms with Gasteiger partial charge in [-0.25, -0.2) is 0 Å². The van der Waals surface area contributed by atoms with Crippen LogP contribution in [0, 0.1) is 17.8 Å². The van der Waals surface area contributed by atoms with E-state index in [1.807, 2.05) is 0 Å². The fourth-order valence-electron chi connectivity index (χ4n) is 3.31. The molecule has 0 radical (unpaired) electrons. The number of hydrogen-bond donors (Lipinski definition) is 1. The average molecular weight is 225 g/mol. The normalized spacial score (nSPS) is 42.2. The van der Waals surface area contributed by atoms with Crippen molar-refractivity contribution in [3.8, 4) is 0 Å². The highest BCUT2D eigenvalue weighted by atomic mass is 16.3. The van der Waals surface area contributed by atoms with Crippen molar-refractivity contribution in [2.75, 3.05) is 19.6 Å². The van der Waals surface area contributed by atoms with E-state index in [0.29, 0.717) is 5.92 Å². The van der Waals surface area contributed by atoms with Crippen LogP contribution in [0.1, 0.15) is 46.0 Å². The van der Waals surface area contributed by atoms with Crippen LogP contribution >= 0.6 is 0 Å². The lowest BCUT2D eigenvalue weighted by Crippen LogP contribution is -2.33. The van der Waals surface area contributed by atoms with Crippen molar-refractivity contribution < 1.29 is 5.11 Å². The van der Waals surface area contributed by atoms with Crippen LogP contribution in [0.2, 0.25) is 0 Å². The lowest BCUT2D eigenvalue weighted by Gasteiger charge is -2.26. The van der Waals surface area contributed by atoms with Gasteiger partial charge in [0.15, 0.2) is 0 Å². The zero-order valence-corrected chi connectivity index (χ0v) is 10.9. The fourth-order valence-corrected chi connectivity index (χ4v) is 3.31. The zero-order valence-electron chi connectivity index (χ0n) is 10.9. The smallest absolute Gasteiger partial charge is 0.0580 e. The summed E-state index contributed by atoms with van der Waals surface area (Å²) >= 11 is 0. The molecule has 0 bridgehead atoms. The lowest BCUT2D eigenvalue weighted by atomic mass is 9.97. The van der Waals surface area contributed by atoms with Gasteiger partial charge in [0.1, 0.15) is 0 Å². The first-order valence-corrected chi connectivity index (χ1v) is 7.07. The Kier molecular flexibility index (Phi) is 4.26. The molecule has 2 rings (SSSR count). The molecule has 1 aliphatic heterocycles. The molecule has 2 nitrogen and oxygen atoms in total. The highest BCUT2D eigenvalue weighted by Gasteiger charge is 2.30. The number of rotatable bonds is 2. The van der Waals surface area contributed by atoms with Gasteiger partial charge in [-0.2, -0.15) is 0 Å². The summed E-state index contributed by atoms with van der Waals surface area (Å²) in [5, 5.41) is 10.1. The second kappa shape index (κ2) is 5.50. The standard InChI is InChI=1S/C14H27NO/c1-11-8-15(9-12(11)2)10-13-6-4-3-5-7-14(13)16/h11-14,16H,3-10H2,1-2H3. The Morgan fingerprint density at radius 2 is 1.62 bits per heavy atom. The molecule has 1 heterocycles. The number of aliphatic hydroxyl groups excluding tert-OH is 1. The maximum Gasteiger partial charge on any atom is 0.0580 e. The maximum atomic E-state index is 10.1. The van der Waals surface area contributed by atoms with Gasteiger partial charge in [-0.3, -0.25) is 0 Å². The summed E-state index contributed by atoms with van der Waals surface area (Å²) < 4.78 is 0. The highest BCUT2D eigenvalue weighted by Crippen LogP contribution is 2.28. The minimum atomic E-state index is -0.0336. The molecular weight excluding hydrogens is 198 g/mol. The van der Waals surface area contributed by atoms with Gasteiger partial charge in [0.25, 0.3) is 0 Å². The van der Waals surface area contributed by atoms with E-state index in [0.717, 1.165) is 24.8 Å². The van der Waals surface area contributed by atoms with E-state index in [9.17, 15) is 5.11 Å². The Balaban J connectivity index is 1.83. The Labute approximate surface area is 100 Å². The Morgan fingerprint density at radius 3 is 2.31 bits per heavy atom. The van der Waals surface area contributed by atoms with E-state index < -0.39 is 0 Å². The Hall–Kier alpha value is -0.0800. The van der Waals surface area contributed by atoms with E-state index in [-0.39, 0.29) is 6.10 Å². The van der Waals surface area contributed by atoms with E-state index >= 15 is 0 Å². The number of aliphatic hydroxyl groups is 1. The Morgan fingerprint density at radius 1 is 1.00 bits per heavy atom. The van der Waals surface area contributed by atoms with Crippen molar-refractivity contribution in [1.82, 2.24) is 4.90 Å². The van der Waals surface area contributed by atoms with Crippen LogP contribution < -0.4 is 0 Å². The third-order valence-electron chi connectivity index (χ3n) is 4.68. The van der Waals surface area contributed by atoms with Gasteiger partial charge in [0, 0.05) is 19.6 Å². The van der Waals surface area contributed by atoms with Crippen LogP contribution in [0.15, 0.2) is 0 Å². The van der Waals surface area contributed by atoms with Crippen LogP contribution in [0.5, 0.6) is 0 Å². The summed E-state index contributed by atoms with van der Waals surface area (Å²) in [7, 11) is 0. The van der Waals surface area contributed by atoms with Crippen LogP contribution in [0.3, 0.4) is 0 Å². The number of likely N-dealkylation sites (tertiary alicyclic amines) is 1. The summed E-state index contributed by atoms with van der Waals surface area (Å²) in [5.74, 6) is 2.21. The van der Waals surface area contributed by atoms with Crippen molar-refractivity contribution >= 4 is 0 Å². The third kappa shape index (κ3) is 2.98. The molecule has 4 atom stereocenters. The summed E-state index contributed by atoms with van der Waals surface area (Å²) in [6, 6.07) is 0. The lowest BCUT2D eigenvalue weighted by molar-refractivity contribution is 0.0780. The van der Waals surface area contributed by atoms with E-state index in [1.54, 1.807) is 0 Å². The third-order valence-corrected chi connectivity index (χ3v) is 4.68. The molecule has 2 aliphatic rings. The molecule has 0 spiro atoms. The predicted octanol–water partition coefficient (Wildman–Crippen LogP) is 2.52. The summed E-state index contributed by atoms with van der Waals surface area (Å²) in [5.41, 5.74) is 0. The van der Waals surface area contributed by atoms with Gasteiger partial charge >= 0.3 is 0 Å². The molecule has 1 saturated heterocycles. The molecule has 0 amide bonds. The fraction of sp³-hybridized carbons (Fsp3) is 1.00. The topological polar surface area (TPSA) is 23.5 Å². The SMILES string of the molecule is CC1CN(CC2CCCCCC2O)CC1C. The van der Waals surface area contributed by atoms with Crippen molar-refractivity contribution in [3.63, 3.8) is 0 Å². The summed E-state index contributed by atoms with van der Waals surface area (Å²) in [6.07, 6.45) is 6.10. The van der Waals surface area contributed by atoms with Crippen LogP contribution in [-0.2, 0) is 0 Å². The van der Waals surface area contributed by atoms with Gasteiger partial charge in [-0.1, -0.05) is 33.1 Å². The first-order chi connectivity index (χ1) is 7.66. The summed E-state index contributed by atoms with van der Waals surface area (Å²) in [6.45, 7) is 8.33. The number of hydrogen-bond acceptors (Lipinski definition) is 2. The predicted molar refractivity (Wildman–Crippen MR) is 67.3 cm³/mol. The second-order valence-corrected chi connectivity index (χ2v) is 6.14. The van der Waals surface area contributed by atoms with Crippen molar-refractivity contribution in [3.05, 3.63) is 0 Å². The van der Waals surface area contributed by atoms with Crippen LogP contribution in [-0.4, -0.2) is 35.7 Å². The molecule has 94 valence electrons. The molecule has 1 aliphatic carbocycles. The first kappa shape index (κ1) is 12.4. The van der Waals surface area contributed by atoms with E-state index in [4.69, 9.17) is 0 Å². The zero-order chi connectivity index (χ0) is 11.5. The molecule has 0 aromatic heterocycles. The monoisotopic (exact) mass is 225 g/mol. The van der Waals surface area contributed by atoms with Crippen molar-refractivity contribution in [1.29, 1.82) is 0 Å². The van der Waals surface area contributed by atoms with Crippen LogP contribution in [0.4, 0.5) is 0 Å². The minimum Gasteiger partial charge on any atom is -0.393 e. The molecular formula is C14H27NO. The molecule has 2 fully saturated rings. The molecule has 4 unspecified atom stereocenters. The summed E-state index contributed by atoms with van der Waals surface area (Å²) in [4.78, 5) is 2.58. The number of nitrogens with zero attached hydrogens (tertiary/aromatic N) is 1. The minimum absolute atomic E-state index is 0.0336. The van der Waals surface area contributed by atoms with Crippen molar-refractivity contribution in [2.45, 2.75) is 52.1 Å². The Bertz CT molecular complexity index is 209. The molecule has 2 heteroatoms. The largest absolute Gasteiger partial charge is 0.393 e. The molecule has 1 saturated carbocycles. The van der Waals surface area contributed by atoms with Gasteiger partial charge in [0.2, 0.25) is 0 Å². The van der Waals surface area contributed by atoms with E-state index in [2.05, 4.69) is 18.7 Å². The quantitative estimate of drug-likeness (QED) is 0.730. The molecule has 16 heavy (non-hydrogen) atoms. The molecule has 0 aromatic carbocycles. The second-order valence-electron chi connectivity index (χ2n) is 6.14. The van der Waals surface area contributed by atoms with Crippen LogP contribution in [0.25, 0.3) is 0 Å². The van der Waals surface area contributed by atoms with Gasteiger partial charge in [-0.15, -0.1) is 0 Å². The van der Waals surface area contributed by atoms with Gasteiger partial charge < -0.3 is 10.0 Å². The molecule has 1 N–H and O–H groups in total. The average Bonchev–Trinajstić information content (AvgIpc) is 2.44. The highest BCUT2D eigenvalue weighted by molar-refractivity contribution is 4.83. The van der Waals surface area contributed by atoms with Crippen molar-refractivity contribution in [2.24, 2.45) is 17.8 Å².